The van der Waals surface area contributed by atoms with E-state index in [0.717, 1.165) is 27.9 Å². The van der Waals surface area contributed by atoms with Crippen molar-refractivity contribution >= 4 is 16.9 Å². The van der Waals surface area contributed by atoms with Crippen molar-refractivity contribution in [1.29, 1.82) is 5.26 Å². The lowest BCUT2D eigenvalue weighted by Crippen LogP contribution is -2.29. The van der Waals surface area contributed by atoms with Gasteiger partial charge in [-0.2, -0.15) is 25.8 Å². The molecule has 0 aliphatic carbocycles. The number of aromatic amines is 1. The number of carbonyl (C=O) groups excluding carboxylic acids is 1. The molecule has 2 aromatic heterocycles. The lowest BCUT2D eigenvalue weighted by atomic mass is 9.99. The Morgan fingerprint density at radius 2 is 2.00 bits per heavy atom. The van der Waals surface area contributed by atoms with Crippen molar-refractivity contribution in [3.8, 4) is 6.07 Å². The predicted octanol–water partition coefficient (Wildman–Crippen LogP) is 2.50. The summed E-state index contributed by atoms with van der Waals surface area (Å²) < 4.78 is 1.71. The molecule has 0 saturated carbocycles. The summed E-state index contributed by atoms with van der Waals surface area (Å²) >= 11 is 0. The van der Waals surface area contributed by atoms with E-state index in [1.165, 1.54) is 0 Å². The zero-order valence-electron chi connectivity index (χ0n) is 15.7. The van der Waals surface area contributed by atoms with Gasteiger partial charge in [0.1, 0.15) is 17.1 Å². The number of hydrogen-bond acceptors (Lipinski definition) is 5. The Balaban J connectivity index is 1.54. The monoisotopic (exact) mass is 383 g/mol. The molecule has 0 bridgehead atoms. The summed E-state index contributed by atoms with van der Waals surface area (Å²) in [6.45, 7) is 0.445. The summed E-state index contributed by atoms with van der Waals surface area (Å²) in [5.74, 6) is -0.00785. The molecular formula is C21H17N7O. The third-order valence-electron chi connectivity index (χ3n) is 5.49. The first-order chi connectivity index (χ1) is 14.2. The van der Waals surface area contributed by atoms with Gasteiger partial charge in [-0.25, -0.2) is 0 Å². The third-order valence-corrected chi connectivity index (χ3v) is 5.49. The first-order valence-corrected chi connectivity index (χ1v) is 9.26. The van der Waals surface area contributed by atoms with Crippen LogP contribution in [0.15, 0.2) is 48.7 Å². The highest BCUT2D eigenvalue weighted by molar-refractivity contribution is 5.99. The molecule has 1 N–H and O–H groups in total. The number of aryl methyl sites for hydroxylation is 1. The Labute approximate surface area is 166 Å². The minimum atomic E-state index is -0.172. The number of carbonyl (C=O) groups is 1. The Kier molecular flexibility index (Phi) is 3.88. The molecular weight excluding hydrogens is 366 g/mol. The molecule has 1 aliphatic rings. The molecule has 29 heavy (non-hydrogen) atoms. The number of fused-ring (bicyclic) bond motifs is 2. The highest BCUT2D eigenvalue weighted by Gasteiger charge is 2.37. The Morgan fingerprint density at radius 1 is 1.17 bits per heavy atom. The van der Waals surface area contributed by atoms with E-state index in [1.54, 1.807) is 10.9 Å². The average Bonchev–Trinajstić information content (AvgIpc) is 3.41. The van der Waals surface area contributed by atoms with Crippen LogP contribution in [0.2, 0.25) is 0 Å². The van der Waals surface area contributed by atoms with Crippen LogP contribution in [-0.2, 0) is 20.0 Å². The molecule has 0 fully saturated rings. The first kappa shape index (κ1) is 17.1. The van der Waals surface area contributed by atoms with Crippen LogP contribution in [0.5, 0.6) is 0 Å². The number of H-pyrrole nitrogens is 1. The van der Waals surface area contributed by atoms with Gasteiger partial charge in [-0.3, -0.25) is 9.48 Å². The zero-order valence-corrected chi connectivity index (χ0v) is 15.7. The largest absolute Gasteiger partial charge is 0.327 e. The maximum atomic E-state index is 13.2. The van der Waals surface area contributed by atoms with Gasteiger partial charge in [-0.1, -0.05) is 24.3 Å². The van der Waals surface area contributed by atoms with E-state index in [0.29, 0.717) is 24.1 Å². The highest BCUT2D eigenvalue weighted by Crippen LogP contribution is 2.37. The number of benzene rings is 2. The molecule has 0 saturated heterocycles. The summed E-state index contributed by atoms with van der Waals surface area (Å²) in [5, 5.41) is 24.5. The molecule has 5 rings (SSSR count). The summed E-state index contributed by atoms with van der Waals surface area (Å²) in [4.78, 5) is 15.1. The van der Waals surface area contributed by atoms with Gasteiger partial charge in [0.25, 0.3) is 5.91 Å². The third kappa shape index (κ3) is 2.75. The van der Waals surface area contributed by atoms with Crippen molar-refractivity contribution in [1.82, 2.24) is 30.1 Å². The maximum Gasteiger partial charge on any atom is 0.255 e. The Hall–Kier alpha value is -3.99. The van der Waals surface area contributed by atoms with Crippen molar-refractivity contribution in [2.75, 3.05) is 0 Å². The average molecular weight is 383 g/mol. The normalized spacial score (nSPS) is 15.7. The molecule has 1 atom stereocenters. The van der Waals surface area contributed by atoms with E-state index in [9.17, 15) is 10.1 Å². The standard InChI is InChI=1S/C21H17N7O/c1-27-19(14(10-22)11-23-27)9-20-15-4-2-3-5-16(15)21(29)28(20)12-13-6-7-17-18(8-13)25-26-24-17/h2-8,11,20H,9,12H2,1H3,(H,24,25,26). The van der Waals surface area contributed by atoms with Crippen LogP contribution in [0.1, 0.15) is 38.8 Å². The lowest BCUT2D eigenvalue weighted by Gasteiger charge is -2.26. The second-order valence-corrected chi connectivity index (χ2v) is 7.13. The fourth-order valence-electron chi connectivity index (χ4n) is 4.01. The van der Waals surface area contributed by atoms with Crippen molar-refractivity contribution in [2.24, 2.45) is 7.05 Å². The molecule has 8 heteroatoms. The van der Waals surface area contributed by atoms with E-state index < -0.39 is 0 Å². The zero-order chi connectivity index (χ0) is 20.0. The van der Waals surface area contributed by atoms with Crippen LogP contribution in [0.25, 0.3) is 11.0 Å². The second kappa shape index (κ2) is 6.56. The molecule has 142 valence electrons. The van der Waals surface area contributed by atoms with Gasteiger partial charge < -0.3 is 4.90 Å². The van der Waals surface area contributed by atoms with E-state index in [1.807, 2.05) is 54.4 Å². The van der Waals surface area contributed by atoms with Gasteiger partial charge in [-0.05, 0) is 29.3 Å². The molecule has 1 amide bonds. The number of amides is 1. The van der Waals surface area contributed by atoms with Crippen LogP contribution >= 0.6 is 0 Å². The molecule has 1 unspecified atom stereocenters. The Morgan fingerprint density at radius 3 is 2.86 bits per heavy atom. The van der Waals surface area contributed by atoms with E-state index in [-0.39, 0.29) is 11.9 Å². The summed E-state index contributed by atoms with van der Waals surface area (Å²) in [7, 11) is 1.82. The number of nitrogens with zero attached hydrogens (tertiary/aromatic N) is 6. The van der Waals surface area contributed by atoms with E-state index >= 15 is 0 Å². The minimum absolute atomic E-state index is 0.00785. The number of rotatable bonds is 4. The number of hydrogen-bond donors (Lipinski definition) is 1. The molecule has 3 heterocycles. The van der Waals surface area contributed by atoms with Crippen molar-refractivity contribution in [3.63, 3.8) is 0 Å². The van der Waals surface area contributed by atoms with Gasteiger partial charge in [0.15, 0.2) is 0 Å². The quantitative estimate of drug-likeness (QED) is 0.583. The van der Waals surface area contributed by atoms with Crippen LogP contribution in [0.4, 0.5) is 0 Å². The molecule has 0 radical (unpaired) electrons. The summed E-state index contributed by atoms with van der Waals surface area (Å²) in [6, 6.07) is 15.5. The minimum Gasteiger partial charge on any atom is -0.327 e. The van der Waals surface area contributed by atoms with E-state index in [4.69, 9.17) is 0 Å². The lowest BCUT2D eigenvalue weighted by molar-refractivity contribution is 0.0708. The van der Waals surface area contributed by atoms with Crippen molar-refractivity contribution in [2.45, 2.75) is 19.0 Å². The number of nitrogens with one attached hydrogen (secondary N) is 1. The van der Waals surface area contributed by atoms with Gasteiger partial charge in [-0.15, -0.1) is 0 Å². The smallest absolute Gasteiger partial charge is 0.255 e. The number of nitriles is 1. The SMILES string of the molecule is Cn1ncc(C#N)c1CC1c2ccccc2C(=O)N1Cc1ccc2n[nH]nc2c1. The molecule has 4 aromatic rings. The van der Waals surface area contributed by atoms with Crippen molar-refractivity contribution in [3.05, 3.63) is 76.6 Å². The Bertz CT molecular complexity index is 1280. The summed E-state index contributed by atoms with van der Waals surface area (Å²) in [6.07, 6.45) is 2.09. The predicted molar refractivity (Wildman–Crippen MR) is 105 cm³/mol. The fourth-order valence-corrected chi connectivity index (χ4v) is 4.01. The number of aromatic nitrogens is 5. The fraction of sp³-hybridized carbons (Fsp3) is 0.190. The molecule has 1 aliphatic heterocycles. The van der Waals surface area contributed by atoms with Gasteiger partial charge >= 0.3 is 0 Å². The maximum absolute atomic E-state index is 13.2. The van der Waals surface area contributed by atoms with Crippen LogP contribution in [-0.4, -0.2) is 36.0 Å². The molecule has 8 nitrogen and oxygen atoms in total. The first-order valence-electron chi connectivity index (χ1n) is 9.26. The van der Waals surface area contributed by atoms with Crippen LogP contribution < -0.4 is 0 Å². The summed E-state index contributed by atoms with van der Waals surface area (Å²) in [5.41, 5.74) is 5.57. The second-order valence-electron chi connectivity index (χ2n) is 7.13. The van der Waals surface area contributed by atoms with Gasteiger partial charge in [0.05, 0.1) is 23.5 Å². The van der Waals surface area contributed by atoms with Crippen molar-refractivity contribution < 1.29 is 4.79 Å². The highest BCUT2D eigenvalue weighted by atomic mass is 16.2. The topological polar surface area (TPSA) is 103 Å². The van der Waals surface area contributed by atoms with Gasteiger partial charge in [0.2, 0.25) is 0 Å². The van der Waals surface area contributed by atoms with E-state index in [2.05, 4.69) is 26.6 Å². The molecule has 0 spiro atoms. The van der Waals surface area contributed by atoms with Gasteiger partial charge in [0, 0.05) is 25.6 Å². The molecule has 2 aromatic carbocycles. The van der Waals surface area contributed by atoms with Crippen LogP contribution in [0, 0.1) is 11.3 Å². The van der Waals surface area contributed by atoms with Crippen LogP contribution in [0.3, 0.4) is 0 Å².